The van der Waals surface area contributed by atoms with E-state index >= 15 is 0 Å². The molecule has 0 aliphatic rings. The largest absolute Gasteiger partial charge is 0.479 e. The lowest BCUT2D eigenvalue weighted by Crippen LogP contribution is -2.21. The van der Waals surface area contributed by atoms with Crippen LogP contribution in [-0.4, -0.2) is 11.1 Å². The first-order chi connectivity index (χ1) is 11.1. The van der Waals surface area contributed by atoms with Gasteiger partial charge in [0.15, 0.2) is 6.04 Å². The fourth-order valence-electron chi connectivity index (χ4n) is 2.46. The zero-order chi connectivity index (χ0) is 16.8. The molecule has 0 bridgehead atoms. The molecule has 0 amide bonds. The van der Waals surface area contributed by atoms with E-state index in [9.17, 15) is 9.90 Å². The summed E-state index contributed by atoms with van der Waals surface area (Å²) in [4.78, 5) is 11.7. The van der Waals surface area contributed by atoms with Gasteiger partial charge in [0.25, 0.3) is 0 Å². The number of nitriles is 1. The normalized spacial score (nSPS) is 11.5. The molecule has 2 aromatic carbocycles. The molecular formula is C19H20N2O2. The maximum atomic E-state index is 11.7. The summed E-state index contributed by atoms with van der Waals surface area (Å²) in [6, 6.07) is 14.0. The summed E-state index contributed by atoms with van der Waals surface area (Å²) in [5, 5.41) is 21.5. The lowest BCUT2D eigenvalue weighted by molar-refractivity contribution is -0.138. The van der Waals surface area contributed by atoms with Crippen LogP contribution in [0.15, 0.2) is 42.5 Å². The van der Waals surface area contributed by atoms with Gasteiger partial charge in [0.05, 0.1) is 11.6 Å². The lowest BCUT2D eigenvalue weighted by Gasteiger charge is -2.18. The fraction of sp³-hybridized carbons (Fsp3) is 0.263. The van der Waals surface area contributed by atoms with Crippen molar-refractivity contribution in [3.63, 3.8) is 0 Å². The van der Waals surface area contributed by atoms with Gasteiger partial charge in [0, 0.05) is 5.69 Å². The van der Waals surface area contributed by atoms with Crippen molar-refractivity contribution in [1.82, 2.24) is 0 Å². The van der Waals surface area contributed by atoms with E-state index in [1.165, 1.54) is 0 Å². The van der Waals surface area contributed by atoms with Gasteiger partial charge in [-0.2, -0.15) is 5.26 Å². The lowest BCUT2D eigenvalue weighted by atomic mass is 9.97. The molecule has 0 fully saturated rings. The van der Waals surface area contributed by atoms with Gasteiger partial charge in [0.1, 0.15) is 0 Å². The van der Waals surface area contributed by atoms with Crippen LogP contribution in [0, 0.1) is 11.3 Å². The number of hydrogen-bond donors (Lipinski definition) is 2. The van der Waals surface area contributed by atoms with Gasteiger partial charge in [-0.3, -0.25) is 0 Å². The summed E-state index contributed by atoms with van der Waals surface area (Å²) in [5.74, 6) is -0.926. The molecule has 0 aromatic heterocycles. The summed E-state index contributed by atoms with van der Waals surface area (Å²) in [7, 11) is 0. The number of carboxylic acid groups (broad SMARTS) is 1. The molecule has 0 heterocycles. The van der Waals surface area contributed by atoms with E-state index in [1.54, 1.807) is 24.3 Å². The molecule has 4 nitrogen and oxygen atoms in total. The van der Waals surface area contributed by atoms with E-state index in [4.69, 9.17) is 5.26 Å². The monoisotopic (exact) mass is 308 g/mol. The number of anilines is 1. The van der Waals surface area contributed by atoms with Gasteiger partial charge in [-0.05, 0) is 53.8 Å². The molecule has 4 heteroatoms. The van der Waals surface area contributed by atoms with Gasteiger partial charge in [0.2, 0.25) is 0 Å². The average Bonchev–Trinajstić information content (AvgIpc) is 2.59. The third kappa shape index (κ3) is 4.10. The summed E-state index contributed by atoms with van der Waals surface area (Å²) in [6.45, 7) is 4.12. The zero-order valence-electron chi connectivity index (χ0n) is 13.3. The van der Waals surface area contributed by atoms with Crippen molar-refractivity contribution in [2.24, 2.45) is 0 Å². The number of hydrogen-bond acceptors (Lipinski definition) is 3. The molecule has 118 valence electrons. The minimum absolute atomic E-state index is 0.545. The smallest absolute Gasteiger partial charge is 0.330 e. The van der Waals surface area contributed by atoms with Crippen LogP contribution in [0.4, 0.5) is 5.69 Å². The van der Waals surface area contributed by atoms with Crippen molar-refractivity contribution in [2.75, 3.05) is 5.32 Å². The van der Waals surface area contributed by atoms with Crippen LogP contribution in [-0.2, 0) is 17.6 Å². The Kier molecular flexibility index (Phi) is 5.37. The number of rotatable bonds is 6. The summed E-state index contributed by atoms with van der Waals surface area (Å²) in [5.41, 5.74) is 4.23. The van der Waals surface area contributed by atoms with Gasteiger partial charge in [-0.25, -0.2) is 4.79 Å². The Morgan fingerprint density at radius 2 is 1.70 bits per heavy atom. The Bertz CT molecular complexity index is 708. The maximum Gasteiger partial charge on any atom is 0.330 e. The SMILES string of the molecule is CCc1cc(CC)cc(C(Nc2ccc(C#N)cc2)C(=O)O)c1. The van der Waals surface area contributed by atoms with Crippen LogP contribution in [0.2, 0.25) is 0 Å². The van der Waals surface area contributed by atoms with Gasteiger partial charge >= 0.3 is 5.97 Å². The molecule has 1 unspecified atom stereocenters. The average molecular weight is 308 g/mol. The molecule has 2 rings (SSSR count). The zero-order valence-corrected chi connectivity index (χ0v) is 13.3. The Labute approximate surface area is 136 Å². The van der Waals surface area contributed by atoms with Crippen molar-refractivity contribution in [1.29, 1.82) is 5.26 Å². The molecule has 0 saturated carbocycles. The topological polar surface area (TPSA) is 73.1 Å². The van der Waals surface area contributed by atoms with Crippen molar-refractivity contribution < 1.29 is 9.90 Å². The van der Waals surface area contributed by atoms with Crippen LogP contribution in [0.25, 0.3) is 0 Å². The molecule has 0 spiro atoms. The Morgan fingerprint density at radius 1 is 1.13 bits per heavy atom. The molecular weight excluding hydrogens is 288 g/mol. The minimum Gasteiger partial charge on any atom is -0.479 e. The van der Waals surface area contributed by atoms with E-state index in [0.29, 0.717) is 11.3 Å². The minimum atomic E-state index is -0.926. The number of benzene rings is 2. The first kappa shape index (κ1) is 16.6. The van der Waals surface area contributed by atoms with Crippen LogP contribution in [0.1, 0.15) is 42.1 Å². The van der Waals surface area contributed by atoms with E-state index in [-0.39, 0.29) is 0 Å². The standard InChI is InChI=1S/C19H20N2O2/c1-3-13-9-14(4-2)11-16(10-13)18(19(22)23)21-17-7-5-15(12-20)6-8-17/h5-11,18,21H,3-4H2,1-2H3,(H,22,23). The second-order valence-corrected chi connectivity index (χ2v) is 5.39. The molecule has 0 radical (unpaired) electrons. The molecule has 0 aliphatic heterocycles. The van der Waals surface area contributed by atoms with Crippen molar-refractivity contribution in [3.8, 4) is 6.07 Å². The summed E-state index contributed by atoms with van der Waals surface area (Å²) in [6.07, 6.45) is 1.73. The van der Waals surface area contributed by atoms with Gasteiger partial charge in [-0.15, -0.1) is 0 Å². The van der Waals surface area contributed by atoms with Gasteiger partial charge < -0.3 is 10.4 Å². The van der Waals surface area contributed by atoms with Crippen LogP contribution >= 0.6 is 0 Å². The van der Waals surface area contributed by atoms with E-state index in [1.807, 2.05) is 18.2 Å². The highest BCUT2D eigenvalue weighted by atomic mass is 16.4. The van der Waals surface area contributed by atoms with Gasteiger partial charge in [-0.1, -0.05) is 32.0 Å². The second kappa shape index (κ2) is 7.46. The highest BCUT2D eigenvalue weighted by Gasteiger charge is 2.20. The third-order valence-corrected chi connectivity index (χ3v) is 3.80. The number of nitrogens with one attached hydrogen (secondary N) is 1. The number of carbonyl (C=O) groups is 1. The van der Waals surface area contributed by atoms with Crippen molar-refractivity contribution in [3.05, 3.63) is 64.7 Å². The van der Waals surface area contributed by atoms with E-state index in [2.05, 4.69) is 25.2 Å². The predicted octanol–water partition coefficient (Wildman–Crippen LogP) is 3.92. The summed E-state index contributed by atoms with van der Waals surface area (Å²) < 4.78 is 0. The molecule has 1 atom stereocenters. The van der Waals surface area contributed by atoms with Crippen molar-refractivity contribution >= 4 is 11.7 Å². The first-order valence-corrected chi connectivity index (χ1v) is 7.69. The van der Waals surface area contributed by atoms with E-state index < -0.39 is 12.0 Å². The summed E-state index contributed by atoms with van der Waals surface area (Å²) >= 11 is 0. The Balaban J connectivity index is 2.34. The highest BCUT2D eigenvalue weighted by molar-refractivity contribution is 5.79. The molecule has 0 aliphatic carbocycles. The predicted molar refractivity (Wildman–Crippen MR) is 90.4 cm³/mol. The number of aryl methyl sites for hydroxylation is 2. The number of nitrogens with zero attached hydrogens (tertiary/aromatic N) is 1. The third-order valence-electron chi connectivity index (χ3n) is 3.80. The maximum absolute atomic E-state index is 11.7. The number of carboxylic acids is 1. The van der Waals surface area contributed by atoms with Crippen LogP contribution < -0.4 is 5.32 Å². The second-order valence-electron chi connectivity index (χ2n) is 5.39. The van der Waals surface area contributed by atoms with Crippen LogP contribution in [0.5, 0.6) is 0 Å². The number of aliphatic carboxylic acids is 1. The van der Waals surface area contributed by atoms with Crippen molar-refractivity contribution in [2.45, 2.75) is 32.7 Å². The molecule has 0 saturated heterocycles. The Morgan fingerprint density at radius 3 is 2.13 bits per heavy atom. The Hall–Kier alpha value is -2.80. The van der Waals surface area contributed by atoms with E-state index in [0.717, 1.165) is 29.5 Å². The highest BCUT2D eigenvalue weighted by Crippen LogP contribution is 2.23. The molecule has 2 aromatic rings. The first-order valence-electron chi connectivity index (χ1n) is 7.69. The fourth-order valence-corrected chi connectivity index (χ4v) is 2.46. The molecule has 2 N–H and O–H groups in total. The molecule has 23 heavy (non-hydrogen) atoms. The van der Waals surface area contributed by atoms with Crippen LogP contribution in [0.3, 0.4) is 0 Å². The quantitative estimate of drug-likeness (QED) is 0.848.